The fourth-order valence-corrected chi connectivity index (χ4v) is 5.57. The first-order chi connectivity index (χ1) is 19.3. The van der Waals surface area contributed by atoms with E-state index in [0.29, 0.717) is 19.0 Å². The topological polar surface area (TPSA) is 113 Å². The van der Waals surface area contributed by atoms with Crippen LogP contribution in [0.25, 0.3) is 11.3 Å². The van der Waals surface area contributed by atoms with Crippen molar-refractivity contribution in [2.45, 2.75) is 63.6 Å². The lowest BCUT2D eigenvalue weighted by atomic mass is 9.86. The molecule has 0 unspecified atom stereocenters. The van der Waals surface area contributed by atoms with Crippen LogP contribution in [0.4, 0.5) is 13.2 Å². The van der Waals surface area contributed by atoms with Crippen molar-refractivity contribution in [2.24, 2.45) is 5.92 Å². The van der Waals surface area contributed by atoms with E-state index < -0.39 is 41.4 Å². The van der Waals surface area contributed by atoms with Gasteiger partial charge in [-0.3, -0.25) is 14.5 Å². The number of rotatable bonds is 7. The molecular formula is C28H31F3N6O3. The molecule has 5 rings (SSSR count). The Balaban J connectivity index is 1.31. The summed E-state index contributed by atoms with van der Waals surface area (Å²) in [5.74, 6) is -3.31. The summed E-state index contributed by atoms with van der Waals surface area (Å²) in [6.45, 7) is 2.90. The summed E-state index contributed by atoms with van der Waals surface area (Å²) in [6.07, 6.45) is 8.30. The summed E-state index contributed by atoms with van der Waals surface area (Å²) in [6, 6.07) is 3.62. The second kappa shape index (κ2) is 12.2. The van der Waals surface area contributed by atoms with E-state index in [2.05, 4.69) is 30.7 Å². The molecule has 0 spiro atoms. The van der Waals surface area contributed by atoms with Crippen molar-refractivity contribution in [3.8, 4) is 11.3 Å². The van der Waals surface area contributed by atoms with Gasteiger partial charge < -0.3 is 15.2 Å². The van der Waals surface area contributed by atoms with Crippen LogP contribution in [0.5, 0.6) is 0 Å². The van der Waals surface area contributed by atoms with Crippen LogP contribution in [-0.2, 0) is 4.79 Å². The lowest BCUT2D eigenvalue weighted by molar-refractivity contribution is -0.128. The fourth-order valence-electron chi connectivity index (χ4n) is 5.57. The highest BCUT2D eigenvalue weighted by atomic mass is 19.1. The Labute approximate surface area is 229 Å². The Morgan fingerprint density at radius 2 is 1.77 bits per heavy atom. The molecule has 3 atom stereocenters. The molecule has 0 bridgehead atoms. The predicted molar refractivity (Wildman–Crippen MR) is 138 cm³/mol. The second-order valence-electron chi connectivity index (χ2n) is 10.5. The van der Waals surface area contributed by atoms with Crippen molar-refractivity contribution >= 4 is 11.8 Å². The molecule has 2 aromatic heterocycles. The molecular weight excluding hydrogens is 525 g/mol. The first-order valence-corrected chi connectivity index (χ1v) is 13.5. The molecule has 0 radical (unpaired) electrons. The SMILES string of the molecule is C[C@@H](NC(=O)[C@H]1CN(C2CCCCC2)CC[C@@H]1NC(=O)c1cc(-c2ccc(F)cc2F)on1)c1ncc(F)cn1. The zero-order valence-corrected chi connectivity index (χ0v) is 22.1. The molecule has 3 heterocycles. The number of likely N-dealkylation sites (tertiary alicyclic amines) is 1. The number of piperidine rings is 1. The molecule has 1 aliphatic carbocycles. The van der Waals surface area contributed by atoms with E-state index in [1.165, 1.54) is 18.6 Å². The molecule has 40 heavy (non-hydrogen) atoms. The van der Waals surface area contributed by atoms with Gasteiger partial charge in [0.05, 0.1) is 29.9 Å². The molecule has 1 saturated heterocycles. The number of hydrogen-bond donors (Lipinski definition) is 2. The van der Waals surface area contributed by atoms with Crippen LogP contribution >= 0.6 is 0 Å². The van der Waals surface area contributed by atoms with Gasteiger partial charge in [0.1, 0.15) is 17.5 Å². The van der Waals surface area contributed by atoms with Gasteiger partial charge in [0.25, 0.3) is 5.91 Å². The maximum atomic E-state index is 14.2. The van der Waals surface area contributed by atoms with Crippen LogP contribution in [0.3, 0.4) is 0 Å². The third kappa shape index (κ3) is 6.33. The van der Waals surface area contributed by atoms with Gasteiger partial charge in [-0.15, -0.1) is 0 Å². The van der Waals surface area contributed by atoms with E-state index in [1.807, 2.05) is 0 Å². The van der Waals surface area contributed by atoms with Gasteiger partial charge in [-0.2, -0.15) is 0 Å². The minimum absolute atomic E-state index is 0.0165. The van der Waals surface area contributed by atoms with Crippen molar-refractivity contribution in [2.75, 3.05) is 13.1 Å². The Kier molecular flexibility index (Phi) is 8.43. The van der Waals surface area contributed by atoms with Crippen molar-refractivity contribution in [3.05, 3.63) is 65.6 Å². The molecule has 9 nitrogen and oxygen atoms in total. The quantitative estimate of drug-likeness (QED) is 0.449. The maximum absolute atomic E-state index is 14.2. The van der Waals surface area contributed by atoms with E-state index in [1.54, 1.807) is 6.92 Å². The van der Waals surface area contributed by atoms with Crippen LogP contribution in [0.1, 0.15) is 67.8 Å². The van der Waals surface area contributed by atoms with Gasteiger partial charge in [-0.1, -0.05) is 24.4 Å². The van der Waals surface area contributed by atoms with Crippen LogP contribution in [-0.4, -0.2) is 57.0 Å². The van der Waals surface area contributed by atoms with Gasteiger partial charge in [-0.05, 0) is 38.3 Å². The van der Waals surface area contributed by atoms with Gasteiger partial charge in [0.2, 0.25) is 5.91 Å². The van der Waals surface area contributed by atoms with Crippen LogP contribution in [0.2, 0.25) is 0 Å². The van der Waals surface area contributed by atoms with Crippen LogP contribution < -0.4 is 10.6 Å². The number of aromatic nitrogens is 3. The molecule has 12 heteroatoms. The van der Waals surface area contributed by atoms with Gasteiger partial charge in [0.15, 0.2) is 17.3 Å². The van der Waals surface area contributed by atoms with Gasteiger partial charge in [-0.25, -0.2) is 23.1 Å². The Bertz CT molecular complexity index is 1350. The fraction of sp³-hybridized carbons (Fsp3) is 0.464. The second-order valence-corrected chi connectivity index (χ2v) is 10.5. The minimum Gasteiger partial charge on any atom is -0.355 e. The molecule has 3 aromatic rings. The Hall–Kier alpha value is -3.80. The lowest BCUT2D eigenvalue weighted by Gasteiger charge is -2.43. The number of benzene rings is 1. The number of halogens is 3. The Morgan fingerprint density at radius 1 is 1.02 bits per heavy atom. The number of carbonyl (C=O) groups excluding carboxylic acids is 2. The van der Waals surface area contributed by atoms with Gasteiger partial charge in [0, 0.05) is 37.3 Å². The summed E-state index contributed by atoms with van der Waals surface area (Å²) in [5, 5.41) is 9.60. The van der Waals surface area contributed by atoms with E-state index in [9.17, 15) is 22.8 Å². The lowest BCUT2D eigenvalue weighted by Crippen LogP contribution is -2.58. The van der Waals surface area contributed by atoms with Crippen LogP contribution in [0.15, 0.2) is 41.2 Å². The van der Waals surface area contributed by atoms with Crippen molar-refractivity contribution in [1.82, 2.24) is 30.7 Å². The van der Waals surface area contributed by atoms with Crippen molar-refractivity contribution in [1.29, 1.82) is 0 Å². The molecule has 1 aliphatic heterocycles. The summed E-state index contributed by atoms with van der Waals surface area (Å²) < 4.78 is 45.9. The highest BCUT2D eigenvalue weighted by molar-refractivity contribution is 5.94. The van der Waals surface area contributed by atoms with Crippen LogP contribution in [0, 0.1) is 23.4 Å². The Morgan fingerprint density at radius 3 is 2.50 bits per heavy atom. The standard InChI is InChI=1S/C28H31F3N6O3/c1-16(26-32-13-18(30)14-33-26)34-27(38)21-15-37(19-5-3-2-4-6-19)10-9-23(21)35-28(39)24-12-25(40-36-24)20-8-7-17(29)11-22(20)31/h7-8,11-14,16,19,21,23H,2-6,9-10,15H2,1H3,(H,34,38)(H,35,39)/t16-,21+,23+/m1/s1. The summed E-state index contributed by atoms with van der Waals surface area (Å²) in [7, 11) is 0. The third-order valence-corrected chi connectivity index (χ3v) is 7.71. The molecule has 2 aliphatic rings. The van der Waals surface area contributed by atoms with E-state index in [0.717, 1.165) is 56.8 Å². The maximum Gasteiger partial charge on any atom is 0.273 e. The van der Waals surface area contributed by atoms with E-state index in [-0.39, 0.29) is 28.7 Å². The first-order valence-electron chi connectivity index (χ1n) is 13.5. The monoisotopic (exact) mass is 556 g/mol. The predicted octanol–water partition coefficient (Wildman–Crippen LogP) is 4.18. The molecule has 1 aromatic carbocycles. The summed E-state index contributed by atoms with van der Waals surface area (Å²) in [4.78, 5) is 36.9. The molecule has 2 fully saturated rings. The number of nitrogens with one attached hydrogen (secondary N) is 2. The molecule has 2 amide bonds. The average molecular weight is 557 g/mol. The normalized spacial score (nSPS) is 21.1. The zero-order valence-electron chi connectivity index (χ0n) is 22.1. The smallest absolute Gasteiger partial charge is 0.273 e. The summed E-state index contributed by atoms with van der Waals surface area (Å²) >= 11 is 0. The zero-order chi connectivity index (χ0) is 28.2. The highest BCUT2D eigenvalue weighted by Crippen LogP contribution is 2.29. The molecule has 1 saturated carbocycles. The molecule has 212 valence electrons. The van der Waals surface area contributed by atoms with Crippen molar-refractivity contribution < 1.29 is 27.3 Å². The number of nitrogens with zero attached hydrogens (tertiary/aromatic N) is 4. The number of carbonyl (C=O) groups is 2. The largest absolute Gasteiger partial charge is 0.355 e. The van der Waals surface area contributed by atoms with E-state index in [4.69, 9.17) is 4.52 Å². The van der Waals surface area contributed by atoms with Crippen molar-refractivity contribution in [3.63, 3.8) is 0 Å². The average Bonchev–Trinajstić information content (AvgIpc) is 3.44. The third-order valence-electron chi connectivity index (χ3n) is 7.71. The van der Waals surface area contributed by atoms with Gasteiger partial charge >= 0.3 is 0 Å². The minimum atomic E-state index is -0.839. The van der Waals surface area contributed by atoms with E-state index >= 15 is 0 Å². The highest BCUT2D eigenvalue weighted by Gasteiger charge is 2.38. The molecule has 2 N–H and O–H groups in total. The number of amides is 2. The number of hydrogen-bond acceptors (Lipinski definition) is 7. The summed E-state index contributed by atoms with van der Waals surface area (Å²) in [5.41, 5.74) is -0.108. The first kappa shape index (κ1) is 27.8.